The van der Waals surface area contributed by atoms with Crippen molar-refractivity contribution in [2.24, 2.45) is 0 Å². The fraction of sp³-hybridized carbons (Fsp3) is 0.250. The van der Waals surface area contributed by atoms with E-state index in [0.717, 1.165) is 17.7 Å². The molecule has 5 nitrogen and oxygen atoms in total. The van der Waals surface area contributed by atoms with Crippen LogP contribution in [0.3, 0.4) is 0 Å². The normalized spacial score (nSPS) is 12.4. The first-order chi connectivity index (χ1) is 10.3. The van der Waals surface area contributed by atoms with E-state index in [1.807, 2.05) is 42.5 Å². The van der Waals surface area contributed by atoms with E-state index >= 15 is 0 Å². The van der Waals surface area contributed by atoms with Crippen molar-refractivity contribution in [1.29, 1.82) is 0 Å². The Morgan fingerprint density at radius 1 is 1.10 bits per heavy atom. The summed E-state index contributed by atoms with van der Waals surface area (Å²) in [6.45, 7) is 2.64. The number of aromatic nitrogens is 2. The predicted molar refractivity (Wildman–Crippen MR) is 78.4 cm³/mol. The fourth-order valence-electron chi connectivity index (χ4n) is 2.09. The molecule has 0 bridgehead atoms. The molecule has 0 aliphatic heterocycles. The van der Waals surface area contributed by atoms with Crippen molar-refractivity contribution >= 4 is 0 Å². The summed E-state index contributed by atoms with van der Waals surface area (Å²) in [5, 5.41) is 11.5. The molecule has 5 heteroatoms. The topological polar surface area (TPSA) is 64.1 Å². The molecule has 0 saturated carbocycles. The highest BCUT2D eigenvalue weighted by Gasteiger charge is 2.10. The Morgan fingerprint density at radius 3 is 2.71 bits per heavy atom. The van der Waals surface area contributed by atoms with Gasteiger partial charge in [-0.15, -0.1) is 10.2 Å². The largest absolute Gasteiger partial charge is 0.469 e. The molecule has 3 aromatic rings. The summed E-state index contributed by atoms with van der Waals surface area (Å²) in [7, 11) is 0. The third kappa shape index (κ3) is 3.58. The van der Waals surface area contributed by atoms with Crippen LogP contribution in [0.15, 0.2) is 57.6 Å². The standard InChI is InChI=1S/C16H17N3O2/c1-12(10-14-8-5-9-20-14)17-11-15-18-19-16(21-15)13-6-3-2-4-7-13/h2-9,12,17H,10-11H2,1H3. The van der Waals surface area contributed by atoms with Gasteiger partial charge in [0.1, 0.15) is 5.76 Å². The highest BCUT2D eigenvalue weighted by Crippen LogP contribution is 2.16. The summed E-state index contributed by atoms with van der Waals surface area (Å²) < 4.78 is 11.0. The van der Waals surface area contributed by atoms with Crippen LogP contribution in [-0.4, -0.2) is 16.2 Å². The van der Waals surface area contributed by atoms with E-state index in [4.69, 9.17) is 8.83 Å². The van der Waals surface area contributed by atoms with Crippen LogP contribution < -0.4 is 5.32 Å². The van der Waals surface area contributed by atoms with Crippen LogP contribution in [0, 0.1) is 0 Å². The van der Waals surface area contributed by atoms with Crippen molar-refractivity contribution in [3.63, 3.8) is 0 Å². The number of hydrogen-bond acceptors (Lipinski definition) is 5. The summed E-state index contributed by atoms with van der Waals surface area (Å²) in [5.74, 6) is 2.09. The van der Waals surface area contributed by atoms with Gasteiger partial charge >= 0.3 is 0 Å². The lowest BCUT2D eigenvalue weighted by atomic mass is 10.2. The van der Waals surface area contributed by atoms with E-state index in [2.05, 4.69) is 22.4 Å². The molecule has 1 atom stereocenters. The molecule has 3 rings (SSSR count). The maximum atomic E-state index is 5.65. The number of benzene rings is 1. The molecule has 0 fully saturated rings. The minimum atomic E-state index is 0.267. The third-order valence-electron chi connectivity index (χ3n) is 3.18. The van der Waals surface area contributed by atoms with Gasteiger partial charge < -0.3 is 14.2 Å². The van der Waals surface area contributed by atoms with Crippen molar-refractivity contribution in [2.75, 3.05) is 0 Å². The summed E-state index contributed by atoms with van der Waals surface area (Å²) in [4.78, 5) is 0. The zero-order valence-corrected chi connectivity index (χ0v) is 11.8. The van der Waals surface area contributed by atoms with Crippen molar-refractivity contribution < 1.29 is 8.83 Å². The van der Waals surface area contributed by atoms with Crippen LogP contribution in [0.25, 0.3) is 11.5 Å². The van der Waals surface area contributed by atoms with Gasteiger partial charge in [-0.25, -0.2) is 0 Å². The molecule has 0 saturated heterocycles. The SMILES string of the molecule is CC(Cc1ccco1)NCc1nnc(-c2ccccc2)o1. The first kappa shape index (κ1) is 13.6. The maximum absolute atomic E-state index is 5.65. The maximum Gasteiger partial charge on any atom is 0.247 e. The summed E-state index contributed by atoms with van der Waals surface area (Å²) in [6.07, 6.45) is 2.51. The van der Waals surface area contributed by atoms with Gasteiger partial charge in [-0.3, -0.25) is 0 Å². The predicted octanol–water partition coefficient (Wildman–Crippen LogP) is 3.05. The van der Waals surface area contributed by atoms with Gasteiger partial charge in [0.2, 0.25) is 11.8 Å². The van der Waals surface area contributed by atoms with Gasteiger partial charge in [0, 0.05) is 18.0 Å². The Kier molecular flexibility index (Phi) is 4.12. The molecule has 0 radical (unpaired) electrons. The third-order valence-corrected chi connectivity index (χ3v) is 3.18. The molecule has 1 N–H and O–H groups in total. The molecule has 0 aliphatic rings. The second-order valence-corrected chi connectivity index (χ2v) is 4.93. The van der Waals surface area contributed by atoms with Crippen LogP contribution in [-0.2, 0) is 13.0 Å². The quantitative estimate of drug-likeness (QED) is 0.753. The van der Waals surface area contributed by atoms with Crippen molar-refractivity contribution in [3.05, 3.63) is 60.4 Å². The highest BCUT2D eigenvalue weighted by molar-refractivity contribution is 5.51. The molecular formula is C16H17N3O2. The molecule has 21 heavy (non-hydrogen) atoms. The lowest BCUT2D eigenvalue weighted by molar-refractivity contribution is 0.423. The van der Waals surface area contributed by atoms with Crippen LogP contribution in [0.1, 0.15) is 18.6 Å². The zero-order valence-electron chi connectivity index (χ0n) is 11.8. The average molecular weight is 283 g/mol. The Morgan fingerprint density at radius 2 is 1.95 bits per heavy atom. The Balaban J connectivity index is 1.55. The van der Waals surface area contributed by atoms with Gasteiger partial charge in [-0.1, -0.05) is 18.2 Å². The first-order valence-corrected chi connectivity index (χ1v) is 6.95. The van der Waals surface area contributed by atoms with Crippen molar-refractivity contribution in [1.82, 2.24) is 15.5 Å². The van der Waals surface area contributed by atoms with E-state index < -0.39 is 0 Å². The zero-order chi connectivity index (χ0) is 14.5. The van der Waals surface area contributed by atoms with Crippen LogP contribution in [0.5, 0.6) is 0 Å². The number of nitrogens with one attached hydrogen (secondary N) is 1. The molecule has 0 amide bonds. The Labute approximate surface area is 123 Å². The second kappa shape index (κ2) is 6.37. The lowest BCUT2D eigenvalue weighted by Crippen LogP contribution is -2.27. The van der Waals surface area contributed by atoms with E-state index in [1.165, 1.54) is 0 Å². The summed E-state index contributed by atoms with van der Waals surface area (Å²) in [5.41, 5.74) is 0.930. The molecule has 1 aromatic carbocycles. The molecule has 0 aliphatic carbocycles. The van der Waals surface area contributed by atoms with Crippen LogP contribution in [0.4, 0.5) is 0 Å². The van der Waals surface area contributed by atoms with Gasteiger partial charge in [-0.05, 0) is 31.2 Å². The molecule has 108 valence electrons. The van der Waals surface area contributed by atoms with Crippen LogP contribution >= 0.6 is 0 Å². The smallest absolute Gasteiger partial charge is 0.247 e. The molecule has 1 unspecified atom stereocenters. The number of nitrogens with zero attached hydrogens (tertiary/aromatic N) is 2. The van der Waals surface area contributed by atoms with Gasteiger partial charge in [0.25, 0.3) is 0 Å². The second-order valence-electron chi connectivity index (χ2n) is 4.93. The van der Waals surface area contributed by atoms with E-state index in [-0.39, 0.29) is 6.04 Å². The minimum absolute atomic E-state index is 0.267. The first-order valence-electron chi connectivity index (χ1n) is 6.95. The van der Waals surface area contributed by atoms with E-state index in [0.29, 0.717) is 18.3 Å². The lowest BCUT2D eigenvalue weighted by Gasteiger charge is -2.09. The molecule has 2 heterocycles. The van der Waals surface area contributed by atoms with Gasteiger partial charge in [0.05, 0.1) is 12.8 Å². The highest BCUT2D eigenvalue weighted by atomic mass is 16.4. The van der Waals surface area contributed by atoms with Crippen molar-refractivity contribution in [3.8, 4) is 11.5 Å². The van der Waals surface area contributed by atoms with Crippen LogP contribution in [0.2, 0.25) is 0 Å². The van der Waals surface area contributed by atoms with E-state index in [1.54, 1.807) is 6.26 Å². The van der Waals surface area contributed by atoms with Gasteiger partial charge in [0.15, 0.2) is 0 Å². The van der Waals surface area contributed by atoms with Gasteiger partial charge in [-0.2, -0.15) is 0 Å². The molecule has 2 aromatic heterocycles. The number of hydrogen-bond donors (Lipinski definition) is 1. The molecular weight excluding hydrogens is 266 g/mol. The average Bonchev–Trinajstić information content (AvgIpc) is 3.17. The monoisotopic (exact) mass is 283 g/mol. The fourth-order valence-corrected chi connectivity index (χ4v) is 2.09. The summed E-state index contributed by atoms with van der Waals surface area (Å²) >= 11 is 0. The molecule has 0 spiro atoms. The Hall–Kier alpha value is -2.40. The minimum Gasteiger partial charge on any atom is -0.469 e. The van der Waals surface area contributed by atoms with Crippen molar-refractivity contribution in [2.45, 2.75) is 25.9 Å². The van der Waals surface area contributed by atoms with E-state index in [9.17, 15) is 0 Å². The Bertz CT molecular complexity index is 662. The number of furan rings is 1. The summed E-state index contributed by atoms with van der Waals surface area (Å²) in [6, 6.07) is 13.9. The number of rotatable bonds is 6.